The molecule has 0 bridgehead atoms. The molecule has 1 radical (unpaired) electrons. The van der Waals surface area contributed by atoms with Crippen LogP contribution >= 0.6 is 0 Å². The van der Waals surface area contributed by atoms with E-state index in [1.807, 2.05) is 0 Å². The zero-order valence-electron chi connectivity index (χ0n) is 11.2. The average molecular weight is 237 g/mol. The molecule has 1 aliphatic carbocycles. The number of amides is 1. The first-order chi connectivity index (χ1) is 8.18. The van der Waals surface area contributed by atoms with Gasteiger partial charge in [-0.15, -0.1) is 0 Å². The van der Waals surface area contributed by atoms with Crippen molar-refractivity contribution in [2.75, 3.05) is 26.2 Å². The van der Waals surface area contributed by atoms with Crippen molar-refractivity contribution in [1.29, 1.82) is 0 Å². The molecule has 0 N–H and O–H groups in total. The molecule has 2 aliphatic rings. The fourth-order valence-corrected chi connectivity index (χ4v) is 2.86. The monoisotopic (exact) mass is 237 g/mol. The van der Waals surface area contributed by atoms with E-state index in [1.54, 1.807) is 0 Å². The molecule has 1 saturated carbocycles. The van der Waals surface area contributed by atoms with Crippen LogP contribution in [0.25, 0.3) is 0 Å². The maximum absolute atomic E-state index is 12.3. The Labute approximate surface area is 105 Å². The smallest absolute Gasteiger partial charge is 0.229 e. The highest BCUT2D eigenvalue weighted by Gasteiger charge is 2.29. The van der Waals surface area contributed by atoms with E-state index in [4.69, 9.17) is 0 Å². The van der Waals surface area contributed by atoms with Gasteiger partial charge in [-0.05, 0) is 26.7 Å². The summed E-state index contributed by atoms with van der Waals surface area (Å²) in [5.41, 5.74) is 0. The Morgan fingerprint density at radius 3 is 2.12 bits per heavy atom. The maximum atomic E-state index is 12.3. The molecule has 0 unspecified atom stereocenters. The van der Waals surface area contributed by atoms with Crippen molar-refractivity contribution in [3.63, 3.8) is 0 Å². The third kappa shape index (κ3) is 3.21. The van der Waals surface area contributed by atoms with Crippen LogP contribution in [0.1, 0.15) is 46.0 Å². The van der Waals surface area contributed by atoms with Crippen LogP contribution in [0.3, 0.4) is 0 Å². The number of rotatable bonds is 2. The summed E-state index contributed by atoms with van der Waals surface area (Å²) >= 11 is 0. The lowest BCUT2D eigenvalue weighted by atomic mass is 9.88. The van der Waals surface area contributed by atoms with Crippen molar-refractivity contribution in [1.82, 2.24) is 9.80 Å². The Morgan fingerprint density at radius 2 is 1.59 bits per heavy atom. The van der Waals surface area contributed by atoms with E-state index in [9.17, 15) is 4.79 Å². The lowest BCUT2D eigenvalue weighted by molar-refractivity contribution is -0.131. The molecule has 1 amide bonds. The standard InChI is InChI=1S/C14H25N2O/c1-12(2)15-8-10-16(11-9-15)14(17)13-6-4-3-5-7-13/h12H,3-11H2,1-2H3. The van der Waals surface area contributed by atoms with Gasteiger partial charge in [-0.3, -0.25) is 9.69 Å². The summed E-state index contributed by atoms with van der Waals surface area (Å²) in [6, 6.07) is 0.606. The average Bonchev–Trinajstić information content (AvgIpc) is 2.39. The molecule has 2 rings (SSSR count). The van der Waals surface area contributed by atoms with Gasteiger partial charge in [0, 0.05) is 32.2 Å². The predicted molar refractivity (Wildman–Crippen MR) is 69.6 cm³/mol. The molecule has 3 heteroatoms. The third-order valence-electron chi connectivity index (χ3n) is 4.09. The van der Waals surface area contributed by atoms with Crippen molar-refractivity contribution >= 4 is 5.91 Å². The van der Waals surface area contributed by atoms with Crippen LogP contribution in [-0.2, 0) is 4.79 Å². The van der Waals surface area contributed by atoms with E-state index in [0.717, 1.165) is 39.0 Å². The minimum absolute atomic E-state index is 0.355. The minimum Gasteiger partial charge on any atom is -0.340 e. The van der Waals surface area contributed by atoms with Crippen molar-refractivity contribution in [2.45, 2.75) is 52.0 Å². The first kappa shape index (κ1) is 12.9. The summed E-state index contributed by atoms with van der Waals surface area (Å²) in [7, 11) is 0. The summed E-state index contributed by atoms with van der Waals surface area (Å²) in [6.07, 6.45) is 5.82. The Balaban J connectivity index is 1.81. The van der Waals surface area contributed by atoms with Crippen molar-refractivity contribution in [3.8, 4) is 0 Å². The fourth-order valence-electron chi connectivity index (χ4n) is 2.86. The number of carbonyl (C=O) groups excluding carboxylic acids is 1. The normalized spacial score (nSPS) is 24.3. The van der Waals surface area contributed by atoms with E-state index < -0.39 is 0 Å². The molecule has 2 fully saturated rings. The summed E-state index contributed by atoms with van der Waals surface area (Å²) in [5.74, 6) is 1.54. The molecule has 1 aliphatic heterocycles. The fraction of sp³-hybridized carbons (Fsp3) is 0.857. The van der Waals surface area contributed by atoms with Crippen LogP contribution in [0, 0.1) is 5.92 Å². The van der Waals surface area contributed by atoms with Crippen LogP contribution in [0.5, 0.6) is 0 Å². The van der Waals surface area contributed by atoms with Gasteiger partial charge < -0.3 is 4.90 Å². The van der Waals surface area contributed by atoms with Crippen LogP contribution in [0.15, 0.2) is 0 Å². The highest BCUT2D eigenvalue weighted by Crippen LogP contribution is 2.27. The number of carbonyl (C=O) groups is 1. The molecule has 0 aromatic carbocycles. The van der Waals surface area contributed by atoms with E-state index >= 15 is 0 Å². The number of nitrogens with zero attached hydrogens (tertiary/aromatic N) is 2. The van der Waals surface area contributed by atoms with E-state index in [-0.39, 0.29) is 0 Å². The van der Waals surface area contributed by atoms with Crippen LogP contribution in [0.2, 0.25) is 0 Å². The SMILES string of the molecule is CC(C)N1CCN(C(=O)[C]2CCCCC2)CC1. The molecule has 0 spiro atoms. The zero-order valence-corrected chi connectivity index (χ0v) is 11.2. The molecule has 1 heterocycles. The quantitative estimate of drug-likeness (QED) is 0.734. The molecule has 0 aromatic rings. The van der Waals surface area contributed by atoms with Gasteiger partial charge in [-0.2, -0.15) is 0 Å². The second-order valence-corrected chi connectivity index (χ2v) is 5.59. The lowest BCUT2D eigenvalue weighted by Crippen LogP contribution is -2.51. The van der Waals surface area contributed by atoms with Gasteiger partial charge in [-0.25, -0.2) is 0 Å². The Bertz CT molecular complexity index is 251. The number of hydrogen-bond acceptors (Lipinski definition) is 2. The maximum Gasteiger partial charge on any atom is 0.229 e. The topological polar surface area (TPSA) is 23.6 Å². The molecule has 1 saturated heterocycles. The molecule has 97 valence electrons. The summed E-state index contributed by atoms with van der Waals surface area (Å²) in [6.45, 7) is 8.37. The second kappa shape index (κ2) is 5.85. The molecule has 3 nitrogen and oxygen atoms in total. The van der Waals surface area contributed by atoms with E-state index in [0.29, 0.717) is 11.9 Å². The van der Waals surface area contributed by atoms with Crippen molar-refractivity contribution in [3.05, 3.63) is 5.92 Å². The van der Waals surface area contributed by atoms with Gasteiger partial charge >= 0.3 is 0 Å². The van der Waals surface area contributed by atoms with Gasteiger partial charge in [0.15, 0.2) is 0 Å². The van der Waals surface area contributed by atoms with Crippen LogP contribution in [-0.4, -0.2) is 47.9 Å². The van der Waals surface area contributed by atoms with Gasteiger partial charge in [-0.1, -0.05) is 19.3 Å². The Hall–Kier alpha value is -0.570. The number of hydrogen-bond donors (Lipinski definition) is 0. The van der Waals surface area contributed by atoms with Crippen molar-refractivity contribution < 1.29 is 4.79 Å². The van der Waals surface area contributed by atoms with Crippen LogP contribution in [0.4, 0.5) is 0 Å². The third-order valence-corrected chi connectivity index (χ3v) is 4.09. The van der Waals surface area contributed by atoms with Crippen molar-refractivity contribution in [2.24, 2.45) is 0 Å². The Morgan fingerprint density at radius 1 is 1.00 bits per heavy atom. The first-order valence-corrected chi connectivity index (χ1v) is 7.06. The second-order valence-electron chi connectivity index (χ2n) is 5.59. The molecule has 0 aromatic heterocycles. The van der Waals surface area contributed by atoms with Gasteiger partial charge in [0.2, 0.25) is 5.91 Å². The highest BCUT2D eigenvalue weighted by atomic mass is 16.2. The first-order valence-electron chi connectivity index (χ1n) is 7.06. The molecular formula is C14H25N2O. The Kier molecular flexibility index (Phi) is 4.43. The highest BCUT2D eigenvalue weighted by molar-refractivity contribution is 5.90. The molecule has 17 heavy (non-hydrogen) atoms. The van der Waals surface area contributed by atoms with E-state index in [1.165, 1.54) is 25.2 Å². The van der Waals surface area contributed by atoms with Gasteiger partial charge in [0.1, 0.15) is 0 Å². The summed E-state index contributed by atoms with van der Waals surface area (Å²) in [5, 5.41) is 0. The largest absolute Gasteiger partial charge is 0.340 e. The summed E-state index contributed by atoms with van der Waals surface area (Å²) < 4.78 is 0. The minimum atomic E-state index is 0.355. The van der Waals surface area contributed by atoms with Gasteiger partial charge in [0.25, 0.3) is 0 Å². The zero-order chi connectivity index (χ0) is 12.3. The predicted octanol–water partition coefficient (Wildman–Crippen LogP) is 2.08. The molecular weight excluding hydrogens is 212 g/mol. The van der Waals surface area contributed by atoms with Crippen LogP contribution < -0.4 is 0 Å². The van der Waals surface area contributed by atoms with E-state index in [2.05, 4.69) is 23.6 Å². The lowest BCUT2D eigenvalue weighted by Gasteiger charge is -2.38. The van der Waals surface area contributed by atoms with Gasteiger partial charge in [0.05, 0.1) is 5.92 Å². The number of piperazine rings is 1. The molecule has 0 atom stereocenters. The summed E-state index contributed by atoms with van der Waals surface area (Å²) in [4.78, 5) is 16.8.